The van der Waals surface area contributed by atoms with Gasteiger partial charge >= 0.3 is 208 Å². The Bertz CT molecular complexity index is 703. The molecule has 188 valence electrons. The number of carbonyl (C=O) groups excluding carboxylic acids is 1. The number of hydrogen-bond donors (Lipinski definition) is 0. The van der Waals surface area contributed by atoms with Gasteiger partial charge in [-0.2, -0.15) is 0 Å². The maximum absolute atomic E-state index is 12.6. The van der Waals surface area contributed by atoms with Crippen LogP contribution in [0.4, 0.5) is 4.79 Å². The van der Waals surface area contributed by atoms with E-state index in [-0.39, 0.29) is 4.12 Å². The predicted molar refractivity (Wildman–Crippen MR) is 142 cm³/mol. The predicted octanol–water partition coefficient (Wildman–Crippen LogP) is 8.81. The Hall–Kier alpha value is -1.17. The number of unbranched alkanes of at least 4 members (excludes halogenated alkanes) is 3. The number of ether oxygens (including phenoxy) is 3. The van der Waals surface area contributed by atoms with E-state index in [2.05, 4.69) is 52.8 Å². The number of carbonyl (C=O) groups is 1. The van der Waals surface area contributed by atoms with Gasteiger partial charge < -0.3 is 0 Å². The third-order valence-corrected chi connectivity index (χ3v) is 22.5. The SMILES string of the molecule is CCC[CH2][Sn]([CH2]CCC)([CH2]CCC)[CH](OC(=O)OC)c1c(CCC=C(C)C)cccc1OC. The molecule has 1 rings (SSSR count). The molecule has 1 aromatic carbocycles. The van der Waals surface area contributed by atoms with Crippen LogP contribution in [0.15, 0.2) is 29.8 Å². The molecule has 0 aromatic heterocycles. The van der Waals surface area contributed by atoms with Gasteiger partial charge in [-0.3, -0.25) is 0 Å². The van der Waals surface area contributed by atoms with Crippen LogP contribution < -0.4 is 4.74 Å². The second-order valence-electron chi connectivity index (χ2n) is 9.48. The average Bonchev–Trinajstić information content (AvgIpc) is 2.82. The minimum atomic E-state index is -3.05. The standard InChI is InChI=1S/C16H21O4.3C4H9.Sn/c1-12(2)7-5-8-13-9-6-10-15(18-3)14(13)11-20-16(17)19-4;3*1-3-4-2;/h6-7,9-11H,5,8H2,1-4H3;3*1,3-4H2,2H3;. The van der Waals surface area contributed by atoms with Crippen molar-refractivity contribution in [1.29, 1.82) is 0 Å². The Morgan fingerprint density at radius 1 is 0.970 bits per heavy atom. The van der Waals surface area contributed by atoms with Crippen molar-refractivity contribution in [3.63, 3.8) is 0 Å². The van der Waals surface area contributed by atoms with Crippen molar-refractivity contribution in [2.75, 3.05) is 14.2 Å². The first-order valence-electron chi connectivity index (χ1n) is 12.9. The number of methoxy groups -OCH3 is 2. The summed E-state index contributed by atoms with van der Waals surface area (Å²) in [7, 11) is 3.15. The molecule has 0 aliphatic rings. The molecule has 33 heavy (non-hydrogen) atoms. The molecule has 1 atom stereocenters. The molecule has 0 radical (unpaired) electrons. The second kappa shape index (κ2) is 16.5. The fourth-order valence-electron chi connectivity index (χ4n) is 4.79. The van der Waals surface area contributed by atoms with Crippen LogP contribution in [0.5, 0.6) is 5.75 Å². The van der Waals surface area contributed by atoms with Gasteiger partial charge in [0.15, 0.2) is 0 Å². The molecule has 4 nitrogen and oxygen atoms in total. The van der Waals surface area contributed by atoms with E-state index >= 15 is 0 Å². The van der Waals surface area contributed by atoms with Gasteiger partial charge in [-0.15, -0.1) is 0 Å². The molecule has 1 unspecified atom stereocenters. The third kappa shape index (κ3) is 9.54. The second-order valence-corrected chi connectivity index (χ2v) is 23.0. The first kappa shape index (κ1) is 29.9. The van der Waals surface area contributed by atoms with Gasteiger partial charge in [-0.25, -0.2) is 0 Å². The molecule has 0 amide bonds. The normalized spacial score (nSPS) is 12.2. The van der Waals surface area contributed by atoms with E-state index in [1.807, 2.05) is 6.07 Å². The Morgan fingerprint density at radius 3 is 2.00 bits per heavy atom. The van der Waals surface area contributed by atoms with Gasteiger partial charge in [0.25, 0.3) is 0 Å². The van der Waals surface area contributed by atoms with Crippen molar-refractivity contribution in [3.8, 4) is 5.75 Å². The molecule has 0 N–H and O–H groups in total. The molecular formula is C28H48O4Sn. The molecule has 0 saturated heterocycles. The average molecular weight is 567 g/mol. The van der Waals surface area contributed by atoms with Crippen molar-refractivity contribution in [1.82, 2.24) is 0 Å². The molecule has 0 saturated carbocycles. The van der Waals surface area contributed by atoms with E-state index < -0.39 is 24.5 Å². The van der Waals surface area contributed by atoms with Crippen molar-refractivity contribution in [3.05, 3.63) is 41.0 Å². The molecule has 5 heteroatoms. The summed E-state index contributed by atoms with van der Waals surface area (Å²) in [5.74, 6) is 0.851. The Balaban J connectivity index is 3.71. The summed E-state index contributed by atoms with van der Waals surface area (Å²) in [6.07, 6.45) is 10.7. The first-order chi connectivity index (χ1) is 15.9. The quantitative estimate of drug-likeness (QED) is 0.114. The van der Waals surface area contributed by atoms with Gasteiger partial charge in [-0.05, 0) is 0 Å². The minimum absolute atomic E-state index is 0.186. The summed E-state index contributed by atoms with van der Waals surface area (Å²) < 4.78 is 20.8. The van der Waals surface area contributed by atoms with Crippen molar-refractivity contribution in [2.24, 2.45) is 0 Å². The fourth-order valence-corrected chi connectivity index (χ4v) is 21.9. The Labute approximate surface area is 207 Å². The van der Waals surface area contributed by atoms with Gasteiger partial charge in [0.05, 0.1) is 0 Å². The van der Waals surface area contributed by atoms with Crippen LogP contribution in [0, 0.1) is 0 Å². The molecule has 1 aromatic rings. The number of rotatable bonds is 16. The van der Waals surface area contributed by atoms with E-state index in [0.717, 1.165) is 24.2 Å². The van der Waals surface area contributed by atoms with Crippen molar-refractivity contribution < 1.29 is 19.0 Å². The summed E-state index contributed by atoms with van der Waals surface area (Å²) in [6.45, 7) is 11.1. The van der Waals surface area contributed by atoms with Crippen LogP contribution in [0.25, 0.3) is 0 Å². The van der Waals surface area contributed by atoms with Crippen LogP contribution in [0.1, 0.15) is 94.8 Å². The third-order valence-electron chi connectivity index (χ3n) is 6.63. The van der Waals surface area contributed by atoms with Gasteiger partial charge in [0, 0.05) is 0 Å². The van der Waals surface area contributed by atoms with Gasteiger partial charge in [-0.1, -0.05) is 0 Å². The van der Waals surface area contributed by atoms with Crippen molar-refractivity contribution in [2.45, 2.75) is 103 Å². The number of aryl methyl sites for hydroxylation is 1. The molecule has 0 spiro atoms. The van der Waals surface area contributed by atoms with E-state index in [4.69, 9.17) is 14.2 Å². The van der Waals surface area contributed by atoms with Crippen LogP contribution in [0.2, 0.25) is 13.3 Å². The summed E-state index contributed by atoms with van der Waals surface area (Å²) >= 11 is -3.05. The molecule has 0 heterocycles. The fraction of sp³-hybridized carbons (Fsp3) is 0.679. The van der Waals surface area contributed by atoms with Gasteiger partial charge in [0.1, 0.15) is 0 Å². The van der Waals surface area contributed by atoms with Crippen LogP contribution in [-0.2, 0) is 15.9 Å². The van der Waals surface area contributed by atoms with E-state index in [1.54, 1.807) is 7.11 Å². The zero-order chi connectivity index (χ0) is 24.7. The zero-order valence-electron chi connectivity index (χ0n) is 22.3. The zero-order valence-corrected chi connectivity index (χ0v) is 25.2. The number of allylic oxidation sites excluding steroid dienone is 2. The maximum atomic E-state index is 12.6. The Morgan fingerprint density at radius 2 is 1.55 bits per heavy atom. The van der Waals surface area contributed by atoms with Crippen LogP contribution in [-0.4, -0.2) is 38.8 Å². The summed E-state index contributed by atoms with van der Waals surface area (Å²) in [4.78, 5) is 12.6. The molecule has 0 aliphatic carbocycles. The molecule has 0 fully saturated rings. The summed E-state index contributed by atoms with van der Waals surface area (Å²) in [5, 5.41) is 0. The topological polar surface area (TPSA) is 44.8 Å². The van der Waals surface area contributed by atoms with Crippen LogP contribution >= 0.6 is 0 Å². The van der Waals surface area contributed by atoms with Gasteiger partial charge in [0.2, 0.25) is 0 Å². The van der Waals surface area contributed by atoms with Crippen LogP contribution in [0.3, 0.4) is 0 Å². The Kier molecular flexibility index (Phi) is 14.9. The number of benzene rings is 1. The summed E-state index contributed by atoms with van der Waals surface area (Å²) in [6, 6.07) is 6.29. The van der Waals surface area contributed by atoms with Crippen molar-refractivity contribution >= 4 is 24.5 Å². The monoisotopic (exact) mass is 568 g/mol. The molecule has 0 aliphatic heterocycles. The molecule has 0 bridgehead atoms. The van der Waals surface area contributed by atoms with E-state index in [0.29, 0.717) is 0 Å². The van der Waals surface area contributed by atoms with E-state index in [1.165, 1.54) is 70.1 Å². The summed E-state index contributed by atoms with van der Waals surface area (Å²) in [5.41, 5.74) is 3.68. The molecular weight excluding hydrogens is 519 g/mol. The number of hydrogen-bond acceptors (Lipinski definition) is 4. The van der Waals surface area contributed by atoms with E-state index in [9.17, 15) is 4.79 Å². The first-order valence-corrected chi connectivity index (χ1v) is 20.6.